The molecule has 0 spiro atoms. The Bertz CT molecular complexity index is 624. The summed E-state index contributed by atoms with van der Waals surface area (Å²) in [5, 5.41) is 1.07. The van der Waals surface area contributed by atoms with E-state index in [1.807, 2.05) is 30.3 Å². The molecule has 1 amide bonds. The minimum absolute atomic E-state index is 0.503. The van der Waals surface area contributed by atoms with E-state index in [4.69, 9.17) is 4.74 Å². The van der Waals surface area contributed by atoms with Crippen LogP contribution in [0.3, 0.4) is 0 Å². The van der Waals surface area contributed by atoms with E-state index in [9.17, 15) is 9.59 Å². The Balaban J connectivity index is 2.26. The molecular weight excluding hydrogens is 286 g/mol. The number of nitrogens with zero attached hydrogens (tertiary/aromatic N) is 1. The molecule has 5 heteroatoms. The number of thiophene rings is 1. The van der Waals surface area contributed by atoms with Gasteiger partial charge in [-0.2, -0.15) is 0 Å². The Morgan fingerprint density at radius 1 is 1.33 bits per heavy atom. The molecule has 0 saturated carbocycles. The van der Waals surface area contributed by atoms with Crippen molar-refractivity contribution in [2.75, 3.05) is 7.05 Å². The molecule has 0 bridgehead atoms. The quantitative estimate of drug-likeness (QED) is 0.805. The zero-order chi connectivity index (χ0) is 15.6. The third-order valence-corrected chi connectivity index (χ3v) is 4.15. The van der Waals surface area contributed by atoms with Gasteiger partial charge in [0.05, 0.1) is 0 Å². The molecule has 1 aromatic carbocycles. The van der Waals surface area contributed by atoms with Crippen molar-refractivity contribution in [1.82, 2.24) is 4.90 Å². The van der Waals surface area contributed by atoms with Crippen molar-refractivity contribution in [2.45, 2.75) is 32.4 Å². The van der Waals surface area contributed by atoms with E-state index in [1.54, 1.807) is 27.8 Å². The van der Waals surface area contributed by atoms with Crippen molar-refractivity contribution < 1.29 is 14.3 Å². The summed E-state index contributed by atoms with van der Waals surface area (Å²) in [6.45, 7) is 5.40. The molecule has 0 fully saturated rings. The molecule has 4 nitrogen and oxygen atoms in total. The molecule has 2 rings (SSSR count). The van der Waals surface area contributed by atoms with Gasteiger partial charge in [0.1, 0.15) is 17.9 Å². The molecular formula is C16H19NO3S. The molecule has 1 heterocycles. The number of fused-ring (bicyclic) bond motifs is 1. The van der Waals surface area contributed by atoms with Gasteiger partial charge in [-0.05, 0) is 38.3 Å². The fourth-order valence-corrected chi connectivity index (χ4v) is 3.11. The summed E-state index contributed by atoms with van der Waals surface area (Å²) >= 11 is 1.51. The van der Waals surface area contributed by atoms with Crippen molar-refractivity contribution >= 4 is 33.8 Å². The highest BCUT2D eigenvalue weighted by Crippen LogP contribution is 2.31. The highest BCUT2D eigenvalue weighted by atomic mass is 32.1. The number of rotatable bonds is 3. The first-order valence-electron chi connectivity index (χ1n) is 6.71. The summed E-state index contributed by atoms with van der Waals surface area (Å²) < 4.78 is 6.40. The van der Waals surface area contributed by atoms with Crippen LogP contribution in [0, 0.1) is 0 Å². The van der Waals surface area contributed by atoms with E-state index in [0.29, 0.717) is 0 Å². The molecule has 0 N–H and O–H groups in total. The van der Waals surface area contributed by atoms with Crippen molar-refractivity contribution in [3.8, 4) is 0 Å². The summed E-state index contributed by atoms with van der Waals surface area (Å²) in [5.74, 6) is 0. The predicted molar refractivity (Wildman–Crippen MR) is 84.6 cm³/mol. The van der Waals surface area contributed by atoms with Crippen molar-refractivity contribution in [3.05, 3.63) is 35.2 Å². The largest absolute Gasteiger partial charge is 0.444 e. The smallest absolute Gasteiger partial charge is 0.410 e. The number of carbonyl (C=O) groups excluding carboxylic acids is 2. The number of ether oxygens (including phenoxy) is 1. The minimum Gasteiger partial charge on any atom is -0.444 e. The van der Waals surface area contributed by atoms with Crippen LogP contribution >= 0.6 is 11.3 Å². The van der Waals surface area contributed by atoms with E-state index < -0.39 is 17.7 Å². The van der Waals surface area contributed by atoms with E-state index >= 15 is 0 Å². The Morgan fingerprint density at radius 3 is 2.57 bits per heavy atom. The second kappa shape index (κ2) is 5.85. The maximum atomic E-state index is 12.1. The topological polar surface area (TPSA) is 46.6 Å². The first-order valence-corrected chi connectivity index (χ1v) is 7.53. The van der Waals surface area contributed by atoms with Crippen LogP contribution in [0.1, 0.15) is 31.7 Å². The molecule has 1 aromatic heterocycles. The molecule has 21 heavy (non-hydrogen) atoms. The Morgan fingerprint density at radius 2 is 2.00 bits per heavy atom. The fourth-order valence-electron chi connectivity index (χ4n) is 1.94. The summed E-state index contributed by atoms with van der Waals surface area (Å²) in [6, 6.07) is 9.21. The number of hydrogen-bond acceptors (Lipinski definition) is 4. The fraction of sp³-hybridized carbons (Fsp3) is 0.375. The average Bonchev–Trinajstić information content (AvgIpc) is 2.80. The van der Waals surface area contributed by atoms with Crippen LogP contribution in [-0.2, 0) is 9.53 Å². The van der Waals surface area contributed by atoms with Gasteiger partial charge in [-0.25, -0.2) is 4.79 Å². The van der Waals surface area contributed by atoms with Crippen LogP contribution in [0.5, 0.6) is 0 Å². The molecule has 0 aliphatic carbocycles. The van der Waals surface area contributed by atoms with Crippen LogP contribution < -0.4 is 0 Å². The number of carbonyl (C=O) groups is 2. The van der Waals surface area contributed by atoms with Gasteiger partial charge in [-0.1, -0.05) is 18.2 Å². The van der Waals surface area contributed by atoms with Crippen molar-refractivity contribution in [3.63, 3.8) is 0 Å². The maximum absolute atomic E-state index is 12.1. The van der Waals surface area contributed by atoms with Crippen molar-refractivity contribution in [1.29, 1.82) is 0 Å². The monoisotopic (exact) mass is 305 g/mol. The molecule has 1 unspecified atom stereocenters. The third-order valence-electron chi connectivity index (χ3n) is 2.96. The normalized spacial score (nSPS) is 13.0. The molecule has 112 valence electrons. The van der Waals surface area contributed by atoms with Gasteiger partial charge >= 0.3 is 6.09 Å². The van der Waals surface area contributed by atoms with Gasteiger partial charge in [0.2, 0.25) is 0 Å². The minimum atomic E-state index is -0.628. The van der Waals surface area contributed by atoms with E-state index in [2.05, 4.69) is 0 Å². The number of amides is 1. The lowest BCUT2D eigenvalue weighted by Gasteiger charge is -2.27. The second-order valence-corrected chi connectivity index (χ2v) is 6.97. The van der Waals surface area contributed by atoms with Crippen LogP contribution in [0.15, 0.2) is 30.3 Å². The van der Waals surface area contributed by atoms with Crippen molar-refractivity contribution in [2.24, 2.45) is 0 Å². The van der Waals surface area contributed by atoms with Gasteiger partial charge in [0.25, 0.3) is 0 Å². The summed E-state index contributed by atoms with van der Waals surface area (Å²) in [4.78, 5) is 25.7. The molecule has 2 aromatic rings. The highest BCUT2D eigenvalue weighted by Gasteiger charge is 2.27. The lowest BCUT2D eigenvalue weighted by molar-refractivity contribution is -0.112. The first kappa shape index (κ1) is 15.5. The van der Waals surface area contributed by atoms with Crippen LogP contribution in [0.2, 0.25) is 0 Å². The van der Waals surface area contributed by atoms with Crippen LogP contribution in [0.4, 0.5) is 4.79 Å². The highest BCUT2D eigenvalue weighted by molar-refractivity contribution is 7.19. The predicted octanol–water partition coefficient (Wildman–Crippen LogP) is 4.01. The standard InChI is InChI=1S/C16H19NO3S/c1-16(2,3)20-15(19)17(4)12(10-18)14-9-11-7-5-6-8-13(11)21-14/h5-10,12H,1-4H3. The molecule has 0 aliphatic heterocycles. The van der Waals surface area contributed by atoms with Crippen LogP contribution in [-0.4, -0.2) is 29.9 Å². The van der Waals surface area contributed by atoms with Gasteiger partial charge < -0.3 is 9.53 Å². The van der Waals surface area contributed by atoms with E-state index in [1.165, 1.54) is 16.2 Å². The molecule has 0 saturated heterocycles. The third kappa shape index (κ3) is 3.61. The van der Waals surface area contributed by atoms with Gasteiger partial charge in [0, 0.05) is 16.6 Å². The van der Waals surface area contributed by atoms with Gasteiger partial charge in [-0.15, -0.1) is 11.3 Å². The number of likely N-dealkylation sites (N-methyl/N-ethyl adjacent to an activating group) is 1. The van der Waals surface area contributed by atoms with E-state index in [0.717, 1.165) is 21.2 Å². The SMILES string of the molecule is CN(C(=O)OC(C)(C)C)C(C=O)c1cc2ccccc2s1. The molecule has 0 radical (unpaired) electrons. The van der Waals surface area contributed by atoms with Gasteiger partial charge in [0.15, 0.2) is 0 Å². The first-order chi connectivity index (χ1) is 9.81. The number of hydrogen-bond donors (Lipinski definition) is 0. The number of benzene rings is 1. The zero-order valence-electron chi connectivity index (χ0n) is 12.6. The Labute approximate surface area is 128 Å². The second-order valence-electron chi connectivity index (χ2n) is 5.86. The average molecular weight is 305 g/mol. The molecule has 1 atom stereocenters. The Kier molecular flexibility index (Phi) is 4.32. The zero-order valence-corrected chi connectivity index (χ0v) is 13.4. The van der Waals surface area contributed by atoms with Gasteiger partial charge in [-0.3, -0.25) is 4.90 Å². The Hall–Kier alpha value is -1.88. The number of aldehydes is 1. The maximum Gasteiger partial charge on any atom is 0.410 e. The summed E-state index contributed by atoms with van der Waals surface area (Å²) in [7, 11) is 1.58. The summed E-state index contributed by atoms with van der Waals surface area (Å²) in [5.41, 5.74) is -0.584. The van der Waals surface area contributed by atoms with E-state index in [-0.39, 0.29) is 0 Å². The molecule has 0 aliphatic rings. The lowest BCUT2D eigenvalue weighted by Crippen LogP contribution is -2.37. The lowest BCUT2D eigenvalue weighted by atomic mass is 10.2. The summed E-state index contributed by atoms with van der Waals surface area (Å²) in [6.07, 6.45) is 0.270. The van der Waals surface area contributed by atoms with Crippen LogP contribution in [0.25, 0.3) is 10.1 Å².